The van der Waals surface area contributed by atoms with Crippen LogP contribution in [0.25, 0.3) is 11.4 Å². The number of anilines is 1. The summed E-state index contributed by atoms with van der Waals surface area (Å²) in [6.07, 6.45) is 7.49. The Labute approximate surface area is 190 Å². The first-order chi connectivity index (χ1) is 15.5. The zero-order valence-corrected chi connectivity index (χ0v) is 19.0. The maximum absolute atomic E-state index is 12.6. The number of thiophene rings is 1. The van der Waals surface area contributed by atoms with Crippen LogP contribution in [0, 0.1) is 5.92 Å². The van der Waals surface area contributed by atoms with E-state index in [1.165, 1.54) is 16.2 Å². The smallest absolute Gasteiger partial charge is 0.341 e. The first-order valence-electron chi connectivity index (χ1n) is 10.9. The van der Waals surface area contributed by atoms with Crippen LogP contribution in [0.3, 0.4) is 0 Å². The second-order valence-corrected chi connectivity index (χ2v) is 9.04. The molecule has 0 spiro atoms. The number of nitrogens with one attached hydrogen (secondary N) is 1. The van der Waals surface area contributed by atoms with Crippen molar-refractivity contribution in [1.29, 1.82) is 0 Å². The van der Waals surface area contributed by atoms with Crippen molar-refractivity contribution in [3.05, 3.63) is 46.4 Å². The van der Waals surface area contributed by atoms with Gasteiger partial charge >= 0.3 is 5.97 Å². The molecule has 0 radical (unpaired) electrons. The number of rotatable bonds is 8. The van der Waals surface area contributed by atoms with E-state index in [0.717, 1.165) is 30.4 Å². The molecule has 0 aromatic carbocycles. The second kappa shape index (κ2) is 10.0. The van der Waals surface area contributed by atoms with Crippen molar-refractivity contribution in [2.45, 2.75) is 52.4 Å². The number of aromatic nitrogens is 3. The van der Waals surface area contributed by atoms with Gasteiger partial charge in [-0.3, -0.25) is 9.78 Å². The van der Waals surface area contributed by atoms with Crippen LogP contribution < -0.4 is 5.32 Å². The van der Waals surface area contributed by atoms with E-state index in [-0.39, 0.29) is 18.3 Å². The van der Waals surface area contributed by atoms with Crippen molar-refractivity contribution in [1.82, 2.24) is 15.1 Å². The predicted molar refractivity (Wildman–Crippen MR) is 121 cm³/mol. The van der Waals surface area contributed by atoms with Gasteiger partial charge in [0.25, 0.3) is 0 Å². The van der Waals surface area contributed by atoms with Crippen molar-refractivity contribution >= 4 is 28.2 Å². The lowest BCUT2D eigenvalue weighted by Gasteiger charge is -2.18. The summed E-state index contributed by atoms with van der Waals surface area (Å²) in [6, 6.07) is 3.67. The van der Waals surface area contributed by atoms with Crippen LogP contribution >= 0.6 is 11.3 Å². The molecule has 0 saturated heterocycles. The standard InChI is InChI=1S/C23H26N4O4S/c1-3-30-23(29)20-16-10-9-14(2)12-17(16)32-22(20)25-18(28)7-4-8-19-26-21(27-31-19)15-6-5-11-24-13-15/h5-6,11,13-14H,3-4,7-10,12H2,1-2H3,(H,25,28)/t14-/m0/s1. The minimum absolute atomic E-state index is 0.144. The highest BCUT2D eigenvalue weighted by Gasteiger charge is 2.29. The second-order valence-electron chi connectivity index (χ2n) is 7.93. The minimum Gasteiger partial charge on any atom is -0.462 e. The summed E-state index contributed by atoms with van der Waals surface area (Å²) in [6.45, 7) is 4.30. The molecule has 0 fully saturated rings. The lowest BCUT2D eigenvalue weighted by molar-refractivity contribution is -0.116. The molecule has 1 amide bonds. The third-order valence-electron chi connectivity index (χ3n) is 5.43. The van der Waals surface area contributed by atoms with E-state index < -0.39 is 0 Å². The Morgan fingerprint density at radius 2 is 2.25 bits per heavy atom. The SMILES string of the molecule is CCOC(=O)c1c(NC(=O)CCCc2nc(-c3cccnc3)no2)sc2c1CC[C@H](C)C2. The first kappa shape index (κ1) is 22.1. The van der Waals surface area contributed by atoms with Crippen molar-refractivity contribution in [3.8, 4) is 11.4 Å². The van der Waals surface area contributed by atoms with Gasteiger partial charge < -0.3 is 14.6 Å². The van der Waals surface area contributed by atoms with E-state index in [1.54, 1.807) is 19.3 Å². The lowest BCUT2D eigenvalue weighted by atomic mass is 9.88. The largest absolute Gasteiger partial charge is 0.462 e. The van der Waals surface area contributed by atoms with Gasteiger partial charge in [0.05, 0.1) is 12.2 Å². The summed E-state index contributed by atoms with van der Waals surface area (Å²) in [4.78, 5) is 34.8. The normalized spacial score (nSPS) is 15.2. The van der Waals surface area contributed by atoms with Gasteiger partial charge in [-0.25, -0.2) is 4.79 Å². The molecule has 1 atom stereocenters. The molecule has 3 heterocycles. The lowest BCUT2D eigenvalue weighted by Crippen LogP contribution is -2.16. The molecule has 8 nitrogen and oxygen atoms in total. The predicted octanol–water partition coefficient (Wildman–Crippen LogP) is 4.46. The minimum atomic E-state index is -0.358. The topological polar surface area (TPSA) is 107 Å². The van der Waals surface area contributed by atoms with E-state index >= 15 is 0 Å². The average molecular weight is 455 g/mol. The molecule has 0 saturated carbocycles. The van der Waals surface area contributed by atoms with Gasteiger partial charge in [-0.05, 0) is 56.2 Å². The molecule has 1 aliphatic carbocycles. The molecule has 1 N–H and O–H groups in total. The van der Waals surface area contributed by atoms with Crippen LogP contribution in [0.1, 0.15) is 59.8 Å². The number of amides is 1. The summed E-state index contributed by atoms with van der Waals surface area (Å²) in [5.74, 6) is 1.03. The molecule has 4 rings (SSSR count). The molecule has 32 heavy (non-hydrogen) atoms. The summed E-state index contributed by atoms with van der Waals surface area (Å²) >= 11 is 1.50. The number of aryl methyl sites for hydroxylation is 1. The third-order valence-corrected chi connectivity index (χ3v) is 6.60. The molecule has 1 aliphatic rings. The summed E-state index contributed by atoms with van der Waals surface area (Å²) < 4.78 is 10.5. The van der Waals surface area contributed by atoms with Gasteiger partial charge in [0.2, 0.25) is 17.6 Å². The maximum Gasteiger partial charge on any atom is 0.341 e. The number of fused-ring (bicyclic) bond motifs is 1. The van der Waals surface area contributed by atoms with E-state index in [2.05, 4.69) is 27.4 Å². The molecular weight excluding hydrogens is 428 g/mol. The Hall–Kier alpha value is -3.07. The zero-order valence-electron chi connectivity index (χ0n) is 18.2. The maximum atomic E-state index is 12.6. The highest BCUT2D eigenvalue weighted by molar-refractivity contribution is 7.17. The molecule has 0 unspecified atom stereocenters. The van der Waals surface area contributed by atoms with Crippen molar-refractivity contribution in [2.75, 3.05) is 11.9 Å². The molecule has 3 aromatic heterocycles. The number of pyridine rings is 1. The Morgan fingerprint density at radius 1 is 1.38 bits per heavy atom. The van der Waals surface area contributed by atoms with Crippen LogP contribution in [-0.4, -0.2) is 33.6 Å². The van der Waals surface area contributed by atoms with Crippen molar-refractivity contribution < 1.29 is 18.8 Å². The van der Waals surface area contributed by atoms with E-state index in [1.807, 2.05) is 12.1 Å². The van der Waals surface area contributed by atoms with Crippen molar-refractivity contribution in [2.24, 2.45) is 5.92 Å². The first-order valence-corrected chi connectivity index (χ1v) is 11.7. The number of hydrogen-bond acceptors (Lipinski definition) is 8. The number of carbonyl (C=O) groups is 2. The summed E-state index contributed by atoms with van der Waals surface area (Å²) in [5, 5.41) is 7.51. The molecule has 9 heteroatoms. The van der Waals surface area contributed by atoms with Gasteiger partial charge in [0.15, 0.2) is 0 Å². The highest BCUT2D eigenvalue weighted by Crippen LogP contribution is 2.40. The number of ether oxygens (including phenoxy) is 1. The molecular formula is C23H26N4O4S. The summed E-state index contributed by atoms with van der Waals surface area (Å²) in [7, 11) is 0. The Balaban J connectivity index is 1.37. The van der Waals surface area contributed by atoms with E-state index in [4.69, 9.17) is 9.26 Å². The molecule has 168 valence electrons. The Morgan fingerprint density at radius 3 is 3.03 bits per heavy atom. The van der Waals surface area contributed by atoms with E-state index in [0.29, 0.717) is 47.6 Å². The van der Waals surface area contributed by atoms with Gasteiger partial charge in [0.1, 0.15) is 5.00 Å². The van der Waals surface area contributed by atoms with Crippen LogP contribution in [0.15, 0.2) is 29.0 Å². The fraction of sp³-hybridized carbons (Fsp3) is 0.435. The fourth-order valence-corrected chi connectivity index (χ4v) is 5.23. The van der Waals surface area contributed by atoms with Crippen LogP contribution in [0.4, 0.5) is 5.00 Å². The Kier molecular flexibility index (Phi) is 6.94. The van der Waals surface area contributed by atoms with Gasteiger partial charge in [0, 0.05) is 35.7 Å². The summed E-state index contributed by atoms with van der Waals surface area (Å²) in [5.41, 5.74) is 2.35. The quantitative estimate of drug-likeness (QED) is 0.501. The number of esters is 1. The van der Waals surface area contributed by atoms with Gasteiger partial charge in [-0.1, -0.05) is 12.1 Å². The van der Waals surface area contributed by atoms with Crippen LogP contribution in [0.2, 0.25) is 0 Å². The van der Waals surface area contributed by atoms with Crippen molar-refractivity contribution in [3.63, 3.8) is 0 Å². The van der Waals surface area contributed by atoms with Gasteiger partial charge in [-0.15, -0.1) is 11.3 Å². The molecule has 3 aromatic rings. The average Bonchev–Trinajstić information content (AvgIpc) is 3.38. The molecule has 0 bridgehead atoms. The fourth-order valence-electron chi connectivity index (χ4n) is 3.82. The number of carbonyl (C=O) groups excluding carboxylic acids is 2. The highest BCUT2D eigenvalue weighted by atomic mass is 32.1. The molecule has 0 aliphatic heterocycles. The Bertz CT molecular complexity index is 1090. The van der Waals surface area contributed by atoms with Gasteiger partial charge in [-0.2, -0.15) is 4.98 Å². The van der Waals surface area contributed by atoms with E-state index in [9.17, 15) is 9.59 Å². The monoisotopic (exact) mass is 454 g/mol. The number of nitrogens with zero attached hydrogens (tertiary/aromatic N) is 3. The van der Waals surface area contributed by atoms with Crippen LogP contribution in [-0.2, 0) is 28.8 Å². The number of hydrogen-bond donors (Lipinski definition) is 1. The third kappa shape index (κ3) is 5.04. The van der Waals surface area contributed by atoms with Crippen LogP contribution in [0.5, 0.6) is 0 Å². The zero-order chi connectivity index (χ0) is 22.5.